The van der Waals surface area contributed by atoms with Gasteiger partial charge in [0.05, 0.1) is 0 Å². The molecule has 1 N–H and O–H groups in total. The molecule has 0 bridgehead atoms. The molecule has 0 unspecified atom stereocenters. The zero-order chi connectivity index (χ0) is 20.5. The molecule has 2 aromatic rings. The molecule has 27 heavy (non-hydrogen) atoms. The maximum absolute atomic E-state index is 14.1. The molecule has 0 aliphatic carbocycles. The molecule has 0 saturated heterocycles. The van der Waals surface area contributed by atoms with Crippen LogP contribution in [-0.2, 0) is 16.1 Å². The summed E-state index contributed by atoms with van der Waals surface area (Å²) < 4.78 is 46.5. The third kappa shape index (κ3) is 4.55. The number of rotatable bonds is 4. The topological polar surface area (TPSA) is 85.6 Å². The average molecular weight is 383 g/mol. The van der Waals surface area contributed by atoms with Crippen molar-refractivity contribution in [2.45, 2.75) is 32.9 Å². The molecular weight excluding hydrogens is 367 g/mol. The van der Waals surface area contributed by atoms with E-state index in [0.29, 0.717) is 10.6 Å². The number of esters is 1. The molecule has 2 rings (SSSR count). The number of carbonyl (C=O) groups is 2. The molecule has 0 saturated carbocycles. The number of ether oxygens (including phenoxy) is 1. The fraction of sp³-hybridized carbons (Fsp3) is 0.278. The first kappa shape index (κ1) is 20.2. The lowest BCUT2D eigenvalue weighted by molar-refractivity contribution is -0.155. The summed E-state index contributed by atoms with van der Waals surface area (Å²) in [7, 11) is 0. The Morgan fingerprint density at radius 3 is 2.33 bits per heavy atom. The number of hydrogen-bond acceptors (Lipinski definition) is 4. The summed E-state index contributed by atoms with van der Waals surface area (Å²) in [5.41, 5.74) is -3.32. The molecule has 1 aromatic carbocycles. The quantitative estimate of drug-likeness (QED) is 0.648. The Morgan fingerprint density at radius 2 is 1.78 bits per heavy atom. The van der Waals surface area contributed by atoms with E-state index in [0.717, 1.165) is 18.3 Å². The summed E-state index contributed by atoms with van der Waals surface area (Å²) in [4.78, 5) is 35.5. The number of pyridine rings is 1. The standard InChI is InChI=1S/C18H16F3NO5/c1-18(2,3)27-13(23)8-22-7-9(6-11(16(22)24)17(25)26)10-4-5-12(19)15(21)14(10)20/h4-7H,8H2,1-3H3,(H,25,26). The number of benzene rings is 1. The Bertz CT molecular complexity index is 976. The van der Waals surface area contributed by atoms with Gasteiger partial charge < -0.3 is 14.4 Å². The predicted octanol–water partition coefficient (Wildman–Crippen LogP) is 2.97. The SMILES string of the molecule is CC(C)(C)OC(=O)Cn1cc(-c2ccc(F)c(F)c2F)cc(C(=O)O)c1=O. The van der Waals surface area contributed by atoms with E-state index in [1.807, 2.05) is 0 Å². The maximum Gasteiger partial charge on any atom is 0.341 e. The number of aromatic nitrogens is 1. The van der Waals surface area contributed by atoms with E-state index in [-0.39, 0.29) is 5.56 Å². The summed E-state index contributed by atoms with van der Waals surface area (Å²) >= 11 is 0. The minimum atomic E-state index is -1.74. The third-order valence-electron chi connectivity index (χ3n) is 3.38. The van der Waals surface area contributed by atoms with Crippen LogP contribution in [-0.4, -0.2) is 27.2 Å². The van der Waals surface area contributed by atoms with Gasteiger partial charge in [0.1, 0.15) is 17.7 Å². The van der Waals surface area contributed by atoms with Gasteiger partial charge >= 0.3 is 11.9 Å². The van der Waals surface area contributed by atoms with Crippen LogP contribution in [0.1, 0.15) is 31.1 Å². The van der Waals surface area contributed by atoms with Crippen LogP contribution in [0.15, 0.2) is 29.2 Å². The van der Waals surface area contributed by atoms with Crippen molar-refractivity contribution >= 4 is 11.9 Å². The molecule has 0 fully saturated rings. The minimum Gasteiger partial charge on any atom is -0.477 e. The first-order valence-electron chi connectivity index (χ1n) is 7.74. The van der Waals surface area contributed by atoms with Gasteiger partial charge in [-0.3, -0.25) is 9.59 Å². The molecule has 0 amide bonds. The fourth-order valence-corrected chi connectivity index (χ4v) is 2.32. The minimum absolute atomic E-state index is 0.216. The van der Waals surface area contributed by atoms with Crippen molar-refractivity contribution < 1.29 is 32.6 Å². The van der Waals surface area contributed by atoms with Gasteiger partial charge in [-0.2, -0.15) is 0 Å². The lowest BCUT2D eigenvalue weighted by atomic mass is 10.0. The second-order valence-corrected chi connectivity index (χ2v) is 6.69. The van der Waals surface area contributed by atoms with Crippen molar-refractivity contribution in [1.82, 2.24) is 4.57 Å². The summed E-state index contributed by atoms with van der Waals surface area (Å²) in [6.07, 6.45) is 0.981. The van der Waals surface area contributed by atoms with Crippen LogP contribution >= 0.6 is 0 Å². The van der Waals surface area contributed by atoms with Crippen molar-refractivity contribution in [2.75, 3.05) is 0 Å². The summed E-state index contributed by atoms with van der Waals surface area (Å²) in [5, 5.41) is 9.19. The first-order chi connectivity index (χ1) is 12.4. The highest BCUT2D eigenvalue weighted by Gasteiger charge is 2.22. The van der Waals surface area contributed by atoms with Crippen LogP contribution < -0.4 is 5.56 Å². The van der Waals surface area contributed by atoms with Gasteiger partial charge in [-0.05, 0) is 39.0 Å². The highest BCUT2D eigenvalue weighted by atomic mass is 19.2. The van der Waals surface area contributed by atoms with Gasteiger partial charge in [-0.25, -0.2) is 18.0 Å². The molecule has 1 heterocycles. The number of nitrogens with zero attached hydrogens (tertiary/aromatic N) is 1. The average Bonchev–Trinajstić information content (AvgIpc) is 2.53. The Hall–Kier alpha value is -3.10. The maximum atomic E-state index is 14.1. The number of halogens is 3. The van der Waals surface area contributed by atoms with Crippen LogP contribution in [0, 0.1) is 17.5 Å². The number of carboxylic acids is 1. The van der Waals surface area contributed by atoms with Crippen molar-refractivity contribution in [3.8, 4) is 11.1 Å². The number of aromatic carboxylic acids is 1. The Labute approximate surface area is 151 Å². The fourth-order valence-electron chi connectivity index (χ4n) is 2.32. The lowest BCUT2D eigenvalue weighted by Gasteiger charge is -2.20. The smallest absolute Gasteiger partial charge is 0.341 e. The van der Waals surface area contributed by atoms with E-state index in [1.165, 1.54) is 0 Å². The molecule has 0 aliphatic rings. The number of carbonyl (C=O) groups excluding carboxylic acids is 1. The van der Waals surface area contributed by atoms with E-state index >= 15 is 0 Å². The second kappa shape index (κ2) is 7.26. The number of carboxylic acid groups (broad SMARTS) is 1. The molecule has 0 atom stereocenters. The van der Waals surface area contributed by atoms with E-state index in [1.54, 1.807) is 20.8 Å². The first-order valence-corrected chi connectivity index (χ1v) is 7.74. The van der Waals surface area contributed by atoms with Gasteiger partial charge in [-0.1, -0.05) is 0 Å². The Balaban J connectivity index is 2.60. The number of hydrogen-bond donors (Lipinski definition) is 1. The van der Waals surface area contributed by atoms with Crippen LogP contribution in [0.2, 0.25) is 0 Å². The van der Waals surface area contributed by atoms with E-state index in [2.05, 4.69) is 0 Å². The van der Waals surface area contributed by atoms with Crippen molar-refractivity contribution in [1.29, 1.82) is 0 Å². The summed E-state index contributed by atoms with van der Waals surface area (Å²) in [5.74, 6) is -7.16. The van der Waals surface area contributed by atoms with E-state index in [4.69, 9.17) is 4.74 Å². The predicted molar refractivity (Wildman–Crippen MR) is 88.8 cm³/mol. The molecule has 1 aromatic heterocycles. The van der Waals surface area contributed by atoms with Crippen LogP contribution in [0.4, 0.5) is 13.2 Å². The van der Waals surface area contributed by atoms with Gasteiger partial charge in [0.15, 0.2) is 17.5 Å². The van der Waals surface area contributed by atoms with Crippen molar-refractivity contribution in [2.24, 2.45) is 0 Å². The van der Waals surface area contributed by atoms with Gasteiger partial charge in [-0.15, -0.1) is 0 Å². The Kier molecular flexibility index (Phi) is 5.43. The second-order valence-electron chi connectivity index (χ2n) is 6.69. The third-order valence-corrected chi connectivity index (χ3v) is 3.38. The largest absolute Gasteiger partial charge is 0.477 e. The molecular formula is C18H16F3NO5. The van der Waals surface area contributed by atoms with Crippen molar-refractivity contribution in [3.05, 3.63) is 57.8 Å². The van der Waals surface area contributed by atoms with E-state index < -0.39 is 58.2 Å². The zero-order valence-corrected chi connectivity index (χ0v) is 14.7. The molecule has 9 heteroatoms. The molecule has 144 valence electrons. The molecule has 0 spiro atoms. The summed E-state index contributed by atoms with van der Waals surface area (Å²) in [6.45, 7) is 4.16. The van der Waals surface area contributed by atoms with E-state index in [9.17, 15) is 32.7 Å². The molecule has 0 aliphatic heterocycles. The van der Waals surface area contributed by atoms with Gasteiger partial charge in [0, 0.05) is 17.3 Å². The monoisotopic (exact) mass is 383 g/mol. The normalized spacial score (nSPS) is 11.3. The highest BCUT2D eigenvalue weighted by Crippen LogP contribution is 2.26. The zero-order valence-electron chi connectivity index (χ0n) is 14.7. The Morgan fingerprint density at radius 1 is 1.15 bits per heavy atom. The highest BCUT2D eigenvalue weighted by molar-refractivity contribution is 5.89. The van der Waals surface area contributed by atoms with Gasteiger partial charge in [0.25, 0.3) is 5.56 Å². The summed E-state index contributed by atoms with van der Waals surface area (Å²) in [6, 6.07) is 2.39. The molecule has 0 radical (unpaired) electrons. The molecule has 6 nitrogen and oxygen atoms in total. The van der Waals surface area contributed by atoms with Crippen LogP contribution in [0.5, 0.6) is 0 Å². The lowest BCUT2D eigenvalue weighted by Crippen LogP contribution is -2.32. The van der Waals surface area contributed by atoms with Crippen LogP contribution in [0.25, 0.3) is 11.1 Å². The van der Waals surface area contributed by atoms with Gasteiger partial charge in [0.2, 0.25) is 0 Å². The van der Waals surface area contributed by atoms with Crippen molar-refractivity contribution in [3.63, 3.8) is 0 Å². The van der Waals surface area contributed by atoms with Crippen LogP contribution in [0.3, 0.4) is 0 Å².